The third-order valence-electron chi connectivity index (χ3n) is 4.73. The summed E-state index contributed by atoms with van der Waals surface area (Å²) < 4.78 is 0. The molecule has 1 heterocycles. The van der Waals surface area contributed by atoms with Crippen molar-refractivity contribution >= 4 is 39.9 Å². The number of anilines is 2. The van der Waals surface area contributed by atoms with Crippen LogP contribution in [0.3, 0.4) is 0 Å². The molecular weight excluding hydrogens is 372 g/mol. The third-order valence-corrected chi connectivity index (χ3v) is 5.94. The Kier molecular flexibility index (Phi) is 5.81. The molecule has 2 amide bonds. The van der Waals surface area contributed by atoms with Gasteiger partial charge in [-0.3, -0.25) is 9.59 Å². The van der Waals surface area contributed by atoms with Crippen LogP contribution in [0.2, 0.25) is 0 Å². The number of aryl methyl sites for hydroxylation is 1. The standard InChI is InChI=1S/C21H22N4O2S/c1-25(2)15-9-7-13(8-10-15)11-14(12-22)20(27)24-21-18(19(23)26)16-5-3-4-6-17(16)28-21/h7-11H,3-6H2,1-2H3,(H2,23,26)(H,24,27). The summed E-state index contributed by atoms with van der Waals surface area (Å²) in [5.41, 5.74) is 8.64. The number of nitriles is 1. The van der Waals surface area contributed by atoms with E-state index in [2.05, 4.69) is 5.32 Å². The molecule has 1 aliphatic rings. The molecule has 0 atom stereocenters. The molecule has 3 N–H and O–H groups in total. The molecule has 0 radical (unpaired) electrons. The van der Waals surface area contributed by atoms with Gasteiger partial charge in [-0.15, -0.1) is 11.3 Å². The lowest BCUT2D eigenvalue weighted by Gasteiger charge is -2.12. The number of amides is 2. The Labute approximate surface area is 168 Å². The lowest BCUT2D eigenvalue weighted by molar-refractivity contribution is -0.112. The normalized spacial score (nSPS) is 13.4. The lowest BCUT2D eigenvalue weighted by Crippen LogP contribution is -2.19. The van der Waals surface area contributed by atoms with Crippen LogP contribution >= 0.6 is 11.3 Å². The van der Waals surface area contributed by atoms with Crippen molar-refractivity contribution in [2.24, 2.45) is 5.73 Å². The van der Waals surface area contributed by atoms with Gasteiger partial charge in [-0.1, -0.05) is 12.1 Å². The van der Waals surface area contributed by atoms with Crippen molar-refractivity contribution in [1.82, 2.24) is 0 Å². The Morgan fingerprint density at radius 2 is 1.89 bits per heavy atom. The van der Waals surface area contributed by atoms with Crippen LogP contribution in [0, 0.1) is 11.3 Å². The second kappa shape index (κ2) is 8.28. The van der Waals surface area contributed by atoms with Crippen LogP contribution in [0.25, 0.3) is 6.08 Å². The van der Waals surface area contributed by atoms with Gasteiger partial charge in [-0.2, -0.15) is 5.26 Å². The number of carbonyl (C=O) groups excluding carboxylic acids is 2. The van der Waals surface area contributed by atoms with Crippen molar-refractivity contribution < 1.29 is 9.59 Å². The maximum atomic E-state index is 12.7. The lowest BCUT2D eigenvalue weighted by atomic mass is 9.95. The molecule has 0 saturated carbocycles. The number of benzene rings is 1. The SMILES string of the molecule is CN(C)c1ccc(C=C(C#N)C(=O)Nc2sc3c(c2C(N)=O)CCCC3)cc1. The molecule has 0 aliphatic heterocycles. The molecule has 0 unspecified atom stereocenters. The molecule has 0 saturated heterocycles. The van der Waals surface area contributed by atoms with E-state index < -0.39 is 11.8 Å². The van der Waals surface area contributed by atoms with E-state index in [9.17, 15) is 14.9 Å². The van der Waals surface area contributed by atoms with Crippen molar-refractivity contribution in [3.05, 3.63) is 51.4 Å². The fourth-order valence-electron chi connectivity index (χ4n) is 3.27. The van der Waals surface area contributed by atoms with Crippen LogP contribution in [0.1, 0.15) is 39.2 Å². The zero-order chi connectivity index (χ0) is 20.3. The number of hydrogen-bond donors (Lipinski definition) is 2. The highest BCUT2D eigenvalue weighted by Gasteiger charge is 2.25. The summed E-state index contributed by atoms with van der Waals surface area (Å²) in [6.45, 7) is 0. The van der Waals surface area contributed by atoms with Crippen molar-refractivity contribution in [3.8, 4) is 6.07 Å². The second-order valence-electron chi connectivity index (χ2n) is 6.89. The highest BCUT2D eigenvalue weighted by Crippen LogP contribution is 2.38. The molecule has 0 spiro atoms. The van der Waals surface area contributed by atoms with Crippen LogP contribution in [0.5, 0.6) is 0 Å². The van der Waals surface area contributed by atoms with Gasteiger partial charge < -0.3 is 16.0 Å². The second-order valence-corrected chi connectivity index (χ2v) is 7.99. The fourth-order valence-corrected chi connectivity index (χ4v) is 4.56. The quantitative estimate of drug-likeness (QED) is 0.600. The summed E-state index contributed by atoms with van der Waals surface area (Å²) in [5.74, 6) is -1.09. The number of nitrogens with one attached hydrogen (secondary N) is 1. The topological polar surface area (TPSA) is 99.2 Å². The molecule has 3 rings (SSSR count). The van der Waals surface area contributed by atoms with Crippen molar-refractivity contribution in [1.29, 1.82) is 5.26 Å². The third kappa shape index (κ3) is 4.07. The first-order chi connectivity index (χ1) is 13.4. The zero-order valence-corrected chi connectivity index (χ0v) is 16.7. The average molecular weight is 395 g/mol. The number of hydrogen-bond acceptors (Lipinski definition) is 5. The highest BCUT2D eigenvalue weighted by atomic mass is 32.1. The van der Waals surface area contributed by atoms with E-state index in [0.29, 0.717) is 10.6 Å². The van der Waals surface area contributed by atoms with Crippen LogP contribution in [-0.4, -0.2) is 25.9 Å². The molecule has 0 fully saturated rings. The minimum Gasteiger partial charge on any atom is -0.378 e. The van der Waals surface area contributed by atoms with Gasteiger partial charge in [0.2, 0.25) is 0 Å². The summed E-state index contributed by atoms with van der Waals surface area (Å²) in [6.07, 6.45) is 5.27. The summed E-state index contributed by atoms with van der Waals surface area (Å²) in [4.78, 5) is 27.7. The summed E-state index contributed by atoms with van der Waals surface area (Å²) in [5, 5.41) is 12.6. The number of thiophene rings is 1. The Balaban J connectivity index is 1.86. The predicted octanol–water partition coefficient (Wildman–Crippen LogP) is 3.34. The van der Waals surface area contributed by atoms with Crippen LogP contribution in [0.4, 0.5) is 10.7 Å². The van der Waals surface area contributed by atoms with Gasteiger partial charge in [-0.05, 0) is 55.0 Å². The molecule has 144 valence electrons. The predicted molar refractivity (Wildman–Crippen MR) is 112 cm³/mol. The molecule has 28 heavy (non-hydrogen) atoms. The number of nitrogens with two attached hydrogens (primary N) is 1. The molecular formula is C21H22N4O2S. The van der Waals surface area contributed by atoms with Gasteiger partial charge in [0, 0.05) is 24.7 Å². The van der Waals surface area contributed by atoms with E-state index in [4.69, 9.17) is 5.73 Å². The van der Waals surface area contributed by atoms with Gasteiger partial charge in [0.15, 0.2) is 0 Å². The number of nitrogens with zero attached hydrogens (tertiary/aromatic N) is 2. The number of fused-ring (bicyclic) bond motifs is 1. The minimum absolute atomic E-state index is 0.0283. The molecule has 0 bridgehead atoms. The molecule has 7 heteroatoms. The average Bonchev–Trinajstić information content (AvgIpc) is 3.04. The van der Waals surface area contributed by atoms with Gasteiger partial charge >= 0.3 is 0 Å². The Bertz CT molecular complexity index is 981. The van der Waals surface area contributed by atoms with Crippen molar-refractivity contribution in [3.63, 3.8) is 0 Å². The summed E-state index contributed by atoms with van der Waals surface area (Å²) in [6, 6.07) is 9.47. The smallest absolute Gasteiger partial charge is 0.266 e. The van der Waals surface area contributed by atoms with E-state index in [1.54, 1.807) is 0 Å². The van der Waals surface area contributed by atoms with Gasteiger partial charge in [0.1, 0.15) is 16.6 Å². The minimum atomic E-state index is -0.545. The van der Waals surface area contributed by atoms with E-state index in [1.165, 1.54) is 17.4 Å². The Hall–Kier alpha value is -3.11. The monoisotopic (exact) mass is 394 g/mol. The molecule has 1 aliphatic carbocycles. The molecule has 1 aromatic heterocycles. The number of primary amides is 1. The fraction of sp³-hybridized carbons (Fsp3) is 0.286. The number of rotatable bonds is 5. The van der Waals surface area contributed by atoms with Crippen LogP contribution in [0.15, 0.2) is 29.8 Å². The Morgan fingerprint density at radius 3 is 2.50 bits per heavy atom. The molecule has 6 nitrogen and oxygen atoms in total. The number of carbonyl (C=O) groups is 2. The molecule has 2 aromatic rings. The molecule has 1 aromatic carbocycles. The maximum absolute atomic E-state index is 12.7. The van der Waals surface area contributed by atoms with Gasteiger partial charge in [0.25, 0.3) is 11.8 Å². The van der Waals surface area contributed by atoms with Crippen molar-refractivity contribution in [2.45, 2.75) is 25.7 Å². The van der Waals surface area contributed by atoms with Crippen LogP contribution in [-0.2, 0) is 17.6 Å². The first-order valence-corrected chi connectivity index (χ1v) is 9.87. The largest absolute Gasteiger partial charge is 0.378 e. The first kappa shape index (κ1) is 19.6. The Morgan fingerprint density at radius 1 is 1.21 bits per heavy atom. The zero-order valence-electron chi connectivity index (χ0n) is 15.9. The maximum Gasteiger partial charge on any atom is 0.266 e. The van der Waals surface area contributed by atoms with Gasteiger partial charge in [-0.25, -0.2) is 0 Å². The first-order valence-electron chi connectivity index (χ1n) is 9.05. The van der Waals surface area contributed by atoms with Crippen LogP contribution < -0.4 is 16.0 Å². The van der Waals surface area contributed by atoms with E-state index in [0.717, 1.165) is 47.4 Å². The van der Waals surface area contributed by atoms with Gasteiger partial charge in [0.05, 0.1) is 5.56 Å². The highest BCUT2D eigenvalue weighted by molar-refractivity contribution is 7.17. The van der Waals surface area contributed by atoms with E-state index >= 15 is 0 Å². The summed E-state index contributed by atoms with van der Waals surface area (Å²) >= 11 is 1.38. The van der Waals surface area contributed by atoms with E-state index in [-0.39, 0.29) is 5.57 Å². The van der Waals surface area contributed by atoms with E-state index in [1.807, 2.05) is 49.3 Å². The summed E-state index contributed by atoms with van der Waals surface area (Å²) in [7, 11) is 3.88. The van der Waals surface area contributed by atoms with Crippen molar-refractivity contribution in [2.75, 3.05) is 24.3 Å².